The van der Waals surface area contributed by atoms with Crippen LogP contribution in [0, 0.1) is 0 Å². The van der Waals surface area contributed by atoms with Gasteiger partial charge in [0.15, 0.2) is 0 Å². The smallest absolute Gasteiger partial charge is 0.282 e. The van der Waals surface area contributed by atoms with Gasteiger partial charge in [-0.2, -0.15) is 21.3 Å². The van der Waals surface area contributed by atoms with Crippen LogP contribution in [0.3, 0.4) is 0 Å². The Bertz CT molecular complexity index is 841. The van der Waals surface area contributed by atoms with Crippen molar-refractivity contribution < 1.29 is 21.6 Å². The molecular weight excluding hydrogens is 392 g/mol. The number of benzene rings is 1. The fourth-order valence-corrected chi connectivity index (χ4v) is 6.22. The van der Waals surface area contributed by atoms with Crippen LogP contribution in [0.25, 0.3) is 0 Å². The zero-order valence-electron chi connectivity index (χ0n) is 15.6. The number of nitrogens with zero attached hydrogens (tertiary/aromatic N) is 4. The zero-order valence-corrected chi connectivity index (χ0v) is 17.2. The van der Waals surface area contributed by atoms with Gasteiger partial charge in [-0.3, -0.25) is 0 Å². The van der Waals surface area contributed by atoms with Crippen molar-refractivity contribution >= 4 is 20.2 Å². The summed E-state index contributed by atoms with van der Waals surface area (Å²) in [5, 5.41) is 0. The second-order valence-electron chi connectivity index (χ2n) is 6.69. The second-order valence-corrected chi connectivity index (χ2v) is 10.6. The molecule has 2 saturated heterocycles. The van der Waals surface area contributed by atoms with Gasteiger partial charge in [0, 0.05) is 52.4 Å². The number of ether oxygens (including phenoxy) is 1. The van der Waals surface area contributed by atoms with E-state index in [4.69, 9.17) is 4.74 Å². The predicted molar refractivity (Wildman–Crippen MR) is 101 cm³/mol. The van der Waals surface area contributed by atoms with Crippen LogP contribution >= 0.6 is 0 Å². The lowest BCUT2D eigenvalue weighted by molar-refractivity contribution is 0.201. The first-order chi connectivity index (χ1) is 12.7. The van der Waals surface area contributed by atoms with E-state index in [1.807, 2.05) is 7.05 Å². The molecule has 152 valence electrons. The molecule has 11 heteroatoms. The number of hydrogen-bond donors (Lipinski definition) is 0. The summed E-state index contributed by atoms with van der Waals surface area (Å²) in [7, 11) is -3.72. The summed E-state index contributed by atoms with van der Waals surface area (Å²) in [4.78, 5) is 2.27. The minimum Gasteiger partial charge on any atom is -0.497 e. The third-order valence-electron chi connectivity index (χ3n) is 5.01. The molecule has 27 heavy (non-hydrogen) atoms. The third-order valence-corrected chi connectivity index (χ3v) is 8.96. The maximum absolute atomic E-state index is 12.8. The van der Waals surface area contributed by atoms with Gasteiger partial charge >= 0.3 is 0 Å². The Kier molecular flexibility index (Phi) is 6.08. The minimum absolute atomic E-state index is 0.140. The zero-order chi connectivity index (χ0) is 19.7. The average molecular weight is 419 g/mol. The van der Waals surface area contributed by atoms with Crippen molar-refractivity contribution in [1.82, 2.24) is 17.8 Å². The van der Waals surface area contributed by atoms with E-state index in [9.17, 15) is 16.8 Å². The normalized spacial score (nSPS) is 22.0. The van der Waals surface area contributed by atoms with E-state index in [1.165, 1.54) is 32.2 Å². The van der Waals surface area contributed by atoms with Gasteiger partial charge in [0.1, 0.15) is 5.75 Å². The van der Waals surface area contributed by atoms with Crippen molar-refractivity contribution in [3.63, 3.8) is 0 Å². The van der Waals surface area contributed by atoms with E-state index >= 15 is 0 Å². The molecule has 0 unspecified atom stereocenters. The lowest BCUT2D eigenvalue weighted by atomic mass is 10.3. The highest BCUT2D eigenvalue weighted by Gasteiger charge is 2.36. The monoisotopic (exact) mass is 418 g/mol. The van der Waals surface area contributed by atoms with Crippen molar-refractivity contribution in [3.8, 4) is 5.75 Å². The molecule has 2 fully saturated rings. The largest absolute Gasteiger partial charge is 0.497 e. The van der Waals surface area contributed by atoms with Gasteiger partial charge in [0.2, 0.25) is 10.0 Å². The van der Waals surface area contributed by atoms with Crippen LogP contribution in [-0.4, -0.2) is 101 Å². The second kappa shape index (κ2) is 8.02. The molecule has 0 bridgehead atoms. The fourth-order valence-electron chi connectivity index (χ4n) is 3.22. The van der Waals surface area contributed by atoms with E-state index in [-0.39, 0.29) is 31.1 Å². The number of sulfonamides is 1. The summed E-state index contributed by atoms with van der Waals surface area (Å²) in [6.45, 7) is 2.92. The Morgan fingerprint density at radius 2 is 1.19 bits per heavy atom. The summed E-state index contributed by atoms with van der Waals surface area (Å²) >= 11 is 0. The van der Waals surface area contributed by atoms with E-state index in [1.54, 1.807) is 12.1 Å². The number of piperazine rings is 2. The average Bonchev–Trinajstić information content (AvgIpc) is 2.68. The first kappa shape index (κ1) is 20.5. The molecule has 9 nitrogen and oxygen atoms in total. The minimum atomic E-state index is -3.65. The standard InChI is InChI=1S/C16H26N4O5S2/c1-17-7-9-19(10-8-17)27(23,24)20-13-11-18(12-14-20)26(21,22)16-5-3-15(25-2)4-6-16/h3-6H,7-14H2,1-2H3. The molecule has 2 heterocycles. The first-order valence-electron chi connectivity index (χ1n) is 8.83. The predicted octanol–water partition coefficient (Wildman–Crippen LogP) is -0.506. The number of hydrogen-bond acceptors (Lipinski definition) is 6. The Balaban J connectivity index is 1.65. The summed E-state index contributed by atoms with van der Waals surface area (Å²) in [5.41, 5.74) is 0. The molecule has 1 aromatic carbocycles. The lowest BCUT2D eigenvalue weighted by Gasteiger charge is -2.38. The van der Waals surface area contributed by atoms with Gasteiger partial charge in [-0.25, -0.2) is 8.42 Å². The van der Waals surface area contributed by atoms with E-state index in [2.05, 4.69) is 4.90 Å². The van der Waals surface area contributed by atoms with Gasteiger partial charge in [-0.15, -0.1) is 0 Å². The maximum atomic E-state index is 12.8. The van der Waals surface area contributed by atoms with Crippen molar-refractivity contribution in [2.75, 3.05) is 66.5 Å². The van der Waals surface area contributed by atoms with Gasteiger partial charge in [0.05, 0.1) is 12.0 Å². The highest BCUT2D eigenvalue weighted by molar-refractivity contribution is 7.89. The molecule has 0 atom stereocenters. The molecule has 0 spiro atoms. The molecule has 0 saturated carbocycles. The van der Waals surface area contributed by atoms with Crippen LogP contribution in [-0.2, 0) is 20.2 Å². The Labute approximate surface area is 161 Å². The Hall–Kier alpha value is -1.24. The molecule has 3 rings (SSSR count). The van der Waals surface area contributed by atoms with Gasteiger partial charge in [-0.1, -0.05) is 0 Å². The molecule has 0 radical (unpaired) electrons. The van der Waals surface area contributed by atoms with Gasteiger partial charge in [0.25, 0.3) is 10.2 Å². The van der Waals surface area contributed by atoms with Crippen LogP contribution in [0.2, 0.25) is 0 Å². The number of methoxy groups -OCH3 is 1. The molecule has 2 aliphatic rings. The molecule has 0 amide bonds. The lowest BCUT2D eigenvalue weighted by Crippen LogP contribution is -2.57. The summed E-state index contributed by atoms with van der Waals surface area (Å²) in [5.74, 6) is 0.581. The van der Waals surface area contributed by atoms with Crippen LogP contribution in [0.5, 0.6) is 5.75 Å². The molecular formula is C16H26N4O5S2. The Morgan fingerprint density at radius 3 is 1.67 bits per heavy atom. The van der Waals surface area contributed by atoms with Crippen molar-refractivity contribution in [1.29, 1.82) is 0 Å². The highest BCUT2D eigenvalue weighted by atomic mass is 32.2. The Morgan fingerprint density at radius 1 is 0.741 bits per heavy atom. The van der Waals surface area contributed by atoms with Crippen LogP contribution < -0.4 is 4.74 Å². The van der Waals surface area contributed by atoms with Crippen molar-refractivity contribution in [2.24, 2.45) is 0 Å². The summed E-state index contributed by atoms with van der Waals surface area (Å²) in [6.07, 6.45) is 0. The van der Waals surface area contributed by atoms with Crippen molar-refractivity contribution in [3.05, 3.63) is 24.3 Å². The maximum Gasteiger partial charge on any atom is 0.282 e. The van der Waals surface area contributed by atoms with Crippen LogP contribution in [0.15, 0.2) is 29.2 Å². The molecule has 0 N–H and O–H groups in total. The number of likely N-dealkylation sites (N-methyl/N-ethyl adjacent to an activating group) is 1. The van der Waals surface area contributed by atoms with Crippen LogP contribution in [0.1, 0.15) is 0 Å². The van der Waals surface area contributed by atoms with E-state index in [0.29, 0.717) is 31.9 Å². The molecule has 0 aromatic heterocycles. The van der Waals surface area contributed by atoms with Crippen molar-refractivity contribution in [2.45, 2.75) is 4.90 Å². The molecule has 1 aromatic rings. The topological polar surface area (TPSA) is 90.5 Å². The van der Waals surface area contributed by atoms with Gasteiger partial charge < -0.3 is 9.64 Å². The highest BCUT2D eigenvalue weighted by Crippen LogP contribution is 2.22. The first-order valence-corrected chi connectivity index (χ1v) is 11.7. The van der Waals surface area contributed by atoms with Crippen LogP contribution in [0.4, 0.5) is 0 Å². The summed E-state index contributed by atoms with van der Waals surface area (Å²) < 4.78 is 60.4. The molecule has 2 aliphatic heterocycles. The van der Waals surface area contributed by atoms with E-state index < -0.39 is 20.2 Å². The fraction of sp³-hybridized carbons (Fsp3) is 0.625. The third kappa shape index (κ3) is 4.28. The molecule has 0 aliphatic carbocycles. The number of rotatable bonds is 5. The quantitative estimate of drug-likeness (QED) is 0.640. The summed E-state index contributed by atoms with van der Waals surface area (Å²) in [6, 6.07) is 6.20. The van der Waals surface area contributed by atoms with Gasteiger partial charge in [-0.05, 0) is 31.3 Å². The SMILES string of the molecule is COc1ccc(S(=O)(=O)N2CCN(S(=O)(=O)N3CCN(C)CC3)CC2)cc1. The van der Waals surface area contributed by atoms with E-state index in [0.717, 1.165) is 0 Å².